The predicted octanol–water partition coefficient (Wildman–Crippen LogP) is 3.45. The van der Waals surface area contributed by atoms with Gasteiger partial charge in [0.05, 0.1) is 28.8 Å². The minimum absolute atomic E-state index is 0.0411. The number of methoxy groups -OCH3 is 1. The van der Waals surface area contributed by atoms with Crippen LogP contribution in [0.15, 0.2) is 72.0 Å². The molecular formula is C29H31N5O5S. The van der Waals surface area contributed by atoms with Crippen molar-refractivity contribution in [2.45, 2.75) is 25.3 Å². The second-order valence-electron chi connectivity index (χ2n) is 9.80. The van der Waals surface area contributed by atoms with Gasteiger partial charge in [0, 0.05) is 50.2 Å². The minimum Gasteiger partial charge on any atom is -0.497 e. The summed E-state index contributed by atoms with van der Waals surface area (Å²) in [7, 11) is -2.39. The van der Waals surface area contributed by atoms with Crippen molar-refractivity contribution in [3.63, 3.8) is 0 Å². The predicted molar refractivity (Wildman–Crippen MR) is 152 cm³/mol. The number of para-hydroxylation sites is 1. The molecule has 0 atom stereocenters. The SMILES string of the molecule is COc1cc(C)c(S(=O)(=O)Nc2cccc3ccn(CC(=O)N4CCN(C(=O)c5cccnc5)CC4)c23)c(C)c1. The fourth-order valence-corrected chi connectivity index (χ4v) is 6.72. The zero-order valence-electron chi connectivity index (χ0n) is 22.6. The van der Waals surface area contributed by atoms with Gasteiger partial charge in [-0.2, -0.15) is 0 Å². The van der Waals surface area contributed by atoms with E-state index in [1.165, 1.54) is 0 Å². The van der Waals surface area contributed by atoms with Gasteiger partial charge in [-0.25, -0.2) is 8.42 Å². The topological polar surface area (TPSA) is 114 Å². The van der Waals surface area contributed by atoms with E-state index in [0.717, 1.165) is 5.39 Å². The highest BCUT2D eigenvalue weighted by atomic mass is 32.2. The third-order valence-electron chi connectivity index (χ3n) is 7.10. The number of amides is 2. The molecule has 0 unspecified atom stereocenters. The number of carbonyl (C=O) groups excluding carboxylic acids is 2. The molecule has 0 saturated carbocycles. The third-order valence-corrected chi connectivity index (χ3v) is 8.77. The normalized spacial score (nSPS) is 13.9. The maximum atomic E-state index is 13.5. The van der Waals surface area contributed by atoms with Crippen molar-refractivity contribution >= 4 is 38.4 Å². The highest BCUT2D eigenvalue weighted by molar-refractivity contribution is 7.92. The lowest BCUT2D eigenvalue weighted by Gasteiger charge is -2.35. The molecule has 0 spiro atoms. The number of sulfonamides is 1. The molecule has 1 N–H and O–H groups in total. The fraction of sp³-hybridized carbons (Fsp3) is 0.276. The Morgan fingerprint density at radius 3 is 2.33 bits per heavy atom. The van der Waals surface area contributed by atoms with Crippen LogP contribution < -0.4 is 9.46 Å². The van der Waals surface area contributed by atoms with E-state index < -0.39 is 10.0 Å². The van der Waals surface area contributed by atoms with Crippen LogP contribution in [0.4, 0.5) is 5.69 Å². The summed E-state index contributed by atoms with van der Waals surface area (Å²) >= 11 is 0. The summed E-state index contributed by atoms with van der Waals surface area (Å²) in [6.45, 7) is 5.19. The Kier molecular flexibility index (Phi) is 7.49. The lowest BCUT2D eigenvalue weighted by molar-refractivity contribution is -0.133. The summed E-state index contributed by atoms with van der Waals surface area (Å²) in [4.78, 5) is 33.6. The van der Waals surface area contributed by atoms with Crippen LogP contribution in [0.1, 0.15) is 21.5 Å². The van der Waals surface area contributed by atoms with Gasteiger partial charge < -0.3 is 19.1 Å². The van der Waals surface area contributed by atoms with Gasteiger partial charge >= 0.3 is 0 Å². The standard InChI is InChI=1S/C29H31N5O5S/c1-20-16-24(39-3)17-21(2)28(20)40(37,38)31-25-8-4-6-22-9-11-34(27(22)25)19-26(35)32-12-14-33(15-13-32)29(36)23-7-5-10-30-18-23/h4-11,16-18,31H,12-15,19H2,1-3H3. The van der Waals surface area contributed by atoms with E-state index in [4.69, 9.17) is 4.74 Å². The van der Waals surface area contributed by atoms with Gasteiger partial charge in [-0.3, -0.25) is 19.3 Å². The molecule has 5 rings (SSSR count). The second-order valence-corrected chi connectivity index (χ2v) is 11.4. The summed E-state index contributed by atoms with van der Waals surface area (Å²) in [5.41, 5.74) is 2.67. The summed E-state index contributed by atoms with van der Waals surface area (Å²) in [5, 5.41) is 0.808. The van der Waals surface area contributed by atoms with Gasteiger partial charge in [-0.05, 0) is 61.4 Å². The van der Waals surface area contributed by atoms with Crippen LogP contribution >= 0.6 is 0 Å². The molecule has 2 aromatic heterocycles. The quantitative estimate of drug-likeness (QED) is 0.370. The number of benzene rings is 2. The van der Waals surface area contributed by atoms with Crippen molar-refractivity contribution in [1.29, 1.82) is 0 Å². The molecule has 1 fully saturated rings. The molecule has 1 aliphatic heterocycles. The molecule has 0 bridgehead atoms. The first-order chi connectivity index (χ1) is 19.2. The van der Waals surface area contributed by atoms with Crippen LogP contribution in [0.25, 0.3) is 10.9 Å². The van der Waals surface area contributed by atoms with E-state index in [9.17, 15) is 18.0 Å². The van der Waals surface area contributed by atoms with Crippen LogP contribution in [0.2, 0.25) is 0 Å². The van der Waals surface area contributed by atoms with E-state index in [-0.39, 0.29) is 23.3 Å². The molecule has 2 aromatic carbocycles. The third kappa shape index (κ3) is 5.37. The zero-order valence-corrected chi connectivity index (χ0v) is 23.4. The smallest absolute Gasteiger partial charge is 0.262 e. The molecule has 4 aromatic rings. The number of hydrogen-bond donors (Lipinski definition) is 1. The number of anilines is 1. The number of pyridine rings is 1. The molecular weight excluding hydrogens is 530 g/mol. The summed E-state index contributed by atoms with van der Waals surface area (Å²) in [5.74, 6) is 0.382. The first-order valence-corrected chi connectivity index (χ1v) is 14.4. The number of fused-ring (bicyclic) bond motifs is 1. The van der Waals surface area contributed by atoms with E-state index in [0.29, 0.717) is 59.8 Å². The molecule has 3 heterocycles. The molecule has 1 aliphatic rings. The number of aromatic nitrogens is 2. The average Bonchev–Trinajstić information content (AvgIpc) is 3.36. The average molecular weight is 562 g/mol. The zero-order chi connectivity index (χ0) is 28.4. The van der Waals surface area contributed by atoms with Crippen molar-refractivity contribution in [3.05, 3.63) is 83.8 Å². The van der Waals surface area contributed by atoms with Crippen LogP contribution in [0.3, 0.4) is 0 Å². The van der Waals surface area contributed by atoms with Gasteiger partial charge in [0.1, 0.15) is 12.3 Å². The Morgan fingerprint density at radius 1 is 0.975 bits per heavy atom. The molecule has 1 saturated heterocycles. The molecule has 0 aliphatic carbocycles. The minimum atomic E-state index is -3.93. The van der Waals surface area contributed by atoms with Gasteiger partial charge in [0.25, 0.3) is 15.9 Å². The Bertz CT molecular complexity index is 1650. The van der Waals surface area contributed by atoms with E-state index >= 15 is 0 Å². The first-order valence-electron chi connectivity index (χ1n) is 12.9. The molecule has 10 nitrogen and oxygen atoms in total. The van der Waals surface area contributed by atoms with Gasteiger partial charge in [0.2, 0.25) is 5.91 Å². The van der Waals surface area contributed by atoms with Gasteiger partial charge in [0.15, 0.2) is 0 Å². The lowest BCUT2D eigenvalue weighted by Crippen LogP contribution is -2.51. The first kappa shape index (κ1) is 27.2. The number of hydrogen-bond acceptors (Lipinski definition) is 6. The maximum Gasteiger partial charge on any atom is 0.262 e. The Morgan fingerprint density at radius 2 is 1.68 bits per heavy atom. The number of piperazine rings is 1. The number of nitrogens with zero attached hydrogens (tertiary/aromatic N) is 4. The van der Waals surface area contributed by atoms with Crippen molar-refractivity contribution in [1.82, 2.24) is 19.4 Å². The largest absolute Gasteiger partial charge is 0.497 e. The number of nitrogens with one attached hydrogen (secondary N) is 1. The fourth-order valence-electron chi connectivity index (χ4n) is 5.20. The highest BCUT2D eigenvalue weighted by Gasteiger charge is 2.26. The molecule has 40 heavy (non-hydrogen) atoms. The number of carbonyl (C=O) groups is 2. The highest BCUT2D eigenvalue weighted by Crippen LogP contribution is 2.31. The second kappa shape index (κ2) is 11.0. The van der Waals surface area contributed by atoms with Gasteiger partial charge in [-0.1, -0.05) is 12.1 Å². The Balaban J connectivity index is 1.33. The van der Waals surface area contributed by atoms with Crippen LogP contribution in [0, 0.1) is 13.8 Å². The number of rotatable bonds is 7. The van der Waals surface area contributed by atoms with Crippen molar-refractivity contribution in [2.24, 2.45) is 0 Å². The molecule has 2 amide bonds. The van der Waals surface area contributed by atoms with Crippen LogP contribution in [0.5, 0.6) is 5.75 Å². The van der Waals surface area contributed by atoms with Crippen LogP contribution in [-0.2, 0) is 21.4 Å². The number of ether oxygens (including phenoxy) is 1. The lowest BCUT2D eigenvalue weighted by atomic mass is 10.1. The Labute approximate surface area is 233 Å². The summed E-state index contributed by atoms with van der Waals surface area (Å²) in [6, 6.07) is 14.0. The van der Waals surface area contributed by atoms with Crippen molar-refractivity contribution < 1.29 is 22.7 Å². The van der Waals surface area contributed by atoms with E-state index in [2.05, 4.69) is 9.71 Å². The van der Waals surface area contributed by atoms with Crippen molar-refractivity contribution in [2.75, 3.05) is 38.0 Å². The maximum absolute atomic E-state index is 13.5. The molecule has 0 radical (unpaired) electrons. The number of aryl methyl sites for hydroxylation is 2. The Hall–Kier alpha value is -4.38. The van der Waals surface area contributed by atoms with Crippen molar-refractivity contribution in [3.8, 4) is 5.75 Å². The molecule has 208 valence electrons. The summed E-state index contributed by atoms with van der Waals surface area (Å²) in [6.07, 6.45) is 4.95. The van der Waals surface area contributed by atoms with E-state index in [1.807, 2.05) is 12.1 Å². The summed E-state index contributed by atoms with van der Waals surface area (Å²) < 4.78 is 36.8. The van der Waals surface area contributed by atoms with E-state index in [1.54, 1.807) is 90.3 Å². The van der Waals surface area contributed by atoms with Crippen LogP contribution in [-0.4, -0.2) is 72.9 Å². The monoisotopic (exact) mass is 561 g/mol. The van der Waals surface area contributed by atoms with Gasteiger partial charge in [-0.15, -0.1) is 0 Å². The molecule has 11 heteroatoms.